The monoisotopic (exact) mass is 280 g/mol. The van der Waals surface area contributed by atoms with Crippen LogP contribution in [-0.2, 0) is 19.5 Å². The van der Waals surface area contributed by atoms with E-state index in [1.165, 1.54) is 27.9 Å². The molecule has 110 valence electrons. The number of hydrogen-bond donors (Lipinski definition) is 1. The van der Waals surface area contributed by atoms with Gasteiger partial charge >= 0.3 is 0 Å². The fourth-order valence-electron chi connectivity index (χ4n) is 3.33. The molecule has 0 saturated heterocycles. The molecule has 21 heavy (non-hydrogen) atoms. The van der Waals surface area contributed by atoms with Crippen LogP contribution in [0.4, 0.5) is 5.69 Å². The summed E-state index contributed by atoms with van der Waals surface area (Å²) in [5.74, 6) is 0. The molecule has 2 nitrogen and oxygen atoms in total. The van der Waals surface area contributed by atoms with E-state index in [4.69, 9.17) is 0 Å². The number of nitrogens with zero attached hydrogens (tertiary/aromatic N) is 1. The van der Waals surface area contributed by atoms with Crippen molar-refractivity contribution < 1.29 is 0 Å². The first kappa shape index (κ1) is 14.2. The van der Waals surface area contributed by atoms with Crippen molar-refractivity contribution in [3.05, 3.63) is 64.2 Å². The highest BCUT2D eigenvalue weighted by molar-refractivity contribution is 5.54. The number of hydrogen-bond acceptors (Lipinski definition) is 2. The van der Waals surface area contributed by atoms with Crippen molar-refractivity contribution in [2.45, 2.75) is 33.4 Å². The Hall–Kier alpha value is -1.80. The predicted octanol–water partition coefficient (Wildman–Crippen LogP) is 3.59. The standard InChI is InChI=1S/C19H24N2/c1-14-7-8-19(15(2)11-14)21(3)13-17-6-4-5-16-12-20-10-9-18(16)17/h4-8,11,20H,9-10,12-13H2,1-3H3. The van der Waals surface area contributed by atoms with Gasteiger partial charge in [-0.05, 0) is 55.1 Å². The first-order valence-electron chi connectivity index (χ1n) is 7.74. The Morgan fingerprint density at radius 1 is 1.14 bits per heavy atom. The van der Waals surface area contributed by atoms with E-state index in [-0.39, 0.29) is 0 Å². The van der Waals surface area contributed by atoms with Crippen molar-refractivity contribution >= 4 is 5.69 Å². The summed E-state index contributed by atoms with van der Waals surface area (Å²) in [6.45, 7) is 7.43. The fraction of sp³-hybridized carbons (Fsp3) is 0.368. The predicted molar refractivity (Wildman–Crippen MR) is 89.9 cm³/mol. The van der Waals surface area contributed by atoms with Crippen LogP contribution in [0.2, 0.25) is 0 Å². The van der Waals surface area contributed by atoms with Crippen LogP contribution in [-0.4, -0.2) is 13.6 Å². The molecular weight excluding hydrogens is 256 g/mol. The Kier molecular flexibility index (Phi) is 3.98. The molecule has 0 aromatic heterocycles. The molecule has 0 bridgehead atoms. The summed E-state index contributed by atoms with van der Waals surface area (Å²) in [5.41, 5.74) is 8.49. The van der Waals surface area contributed by atoms with Crippen molar-refractivity contribution in [2.75, 3.05) is 18.5 Å². The van der Waals surface area contributed by atoms with Crippen molar-refractivity contribution in [3.8, 4) is 0 Å². The van der Waals surface area contributed by atoms with Gasteiger partial charge in [0.15, 0.2) is 0 Å². The maximum Gasteiger partial charge on any atom is 0.0429 e. The zero-order valence-corrected chi connectivity index (χ0v) is 13.2. The van der Waals surface area contributed by atoms with E-state index in [0.717, 1.165) is 26.1 Å². The van der Waals surface area contributed by atoms with E-state index < -0.39 is 0 Å². The van der Waals surface area contributed by atoms with Gasteiger partial charge in [-0.25, -0.2) is 0 Å². The van der Waals surface area contributed by atoms with Crippen LogP contribution in [0.1, 0.15) is 27.8 Å². The highest BCUT2D eigenvalue weighted by Crippen LogP contribution is 2.25. The molecule has 1 N–H and O–H groups in total. The minimum atomic E-state index is 0.979. The third-order valence-corrected chi connectivity index (χ3v) is 4.41. The lowest BCUT2D eigenvalue weighted by molar-refractivity contribution is 0.637. The van der Waals surface area contributed by atoms with E-state index in [1.807, 2.05) is 0 Å². The maximum absolute atomic E-state index is 3.45. The zero-order valence-electron chi connectivity index (χ0n) is 13.2. The summed E-state index contributed by atoms with van der Waals surface area (Å²) in [5, 5.41) is 3.45. The number of fused-ring (bicyclic) bond motifs is 1. The summed E-state index contributed by atoms with van der Waals surface area (Å²) in [6.07, 6.45) is 1.15. The third-order valence-electron chi connectivity index (χ3n) is 4.41. The van der Waals surface area contributed by atoms with Crippen molar-refractivity contribution in [3.63, 3.8) is 0 Å². The molecule has 3 rings (SSSR count). The second kappa shape index (κ2) is 5.90. The van der Waals surface area contributed by atoms with Crippen molar-refractivity contribution in [2.24, 2.45) is 0 Å². The lowest BCUT2D eigenvalue weighted by Crippen LogP contribution is -2.26. The molecule has 0 fully saturated rings. The average molecular weight is 280 g/mol. The molecule has 0 saturated carbocycles. The Labute approximate surface area is 127 Å². The minimum absolute atomic E-state index is 0.979. The van der Waals surface area contributed by atoms with Gasteiger partial charge in [-0.3, -0.25) is 0 Å². The van der Waals surface area contributed by atoms with Crippen LogP contribution in [0.3, 0.4) is 0 Å². The molecule has 0 unspecified atom stereocenters. The van der Waals surface area contributed by atoms with Crippen LogP contribution in [0.25, 0.3) is 0 Å². The number of aryl methyl sites for hydroxylation is 2. The van der Waals surface area contributed by atoms with Gasteiger partial charge in [0.05, 0.1) is 0 Å². The second-order valence-corrected chi connectivity index (χ2v) is 6.13. The van der Waals surface area contributed by atoms with Gasteiger partial charge in [-0.2, -0.15) is 0 Å². The number of nitrogens with one attached hydrogen (secondary N) is 1. The smallest absolute Gasteiger partial charge is 0.0429 e. The van der Waals surface area contributed by atoms with Crippen LogP contribution < -0.4 is 10.2 Å². The summed E-state index contributed by atoms with van der Waals surface area (Å²) in [6, 6.07) is 13.4. The Bertz CT molecular complexity index is 646. The Morgan fingerprint density at radius 2 is 2.00 bits per heavy atom. The molecular formula is C19H24N2. The van der Waals surface area contributed by atoms with Gasteiger partial charge in [-0.15, -0.1) is 0 Å². The Balaban J connectivity index is 1.86. The number of rotatable bonds is 3. The third kappa shape index (κ3) is 2.96. The van der Waals surface area contributed by atoms with Crippen LogP contribution >= 0.6 is 0 Å². The highest BCUT2D eigenvalue weighted by atomic mass is 15.1. The molecule has 2 heteroatoms. The van der Waals surface area contributed by atoms with E-state index in [1.54, 1.807) is 5.56 Å². The molecule has 0 radical (unpaired) electrons. The molecule has 0 aliphatic carbocycles. The normalized spacial score (nSPS) is 13.9. The van der Waals surface area contributed by atoms with Crippen LogP contribution in [0.15, 0.2) is 36.4 Å². The minimum Gasteiger partial charge on any atom is -0.370 e. The van der Waals surface area contributed by atoms with Gasteiger partial charge in [0.2, 0.25) is 0 Å². The van der Waals surface area contributed by atoms with Gasteiger partial charge < -0.3 is 10.2 Å². The molecule has 1 aliphatic rings. The molecule has 1 heterocycles. The largest absolute Gasteiger partial charge is 0.370 e. The zero-order chi connectivity index (χ0) is 14.8. The molecule has 2 aromatic carbocycles. The maximum atomic E-state index is 3.45. The van der Waals surface area contributed by atoms with Crippen molar-refractivity contribution in [1.82, 2.24) is 5.32 Å². The average Bonchev–Trinajstić information content (AvgIpc) is 2.47. The summed E-state index contributed by atoms with van der Waals surface area (Å²) >= 11 is 0. The number of anilines is 1. The van der Waals surface area contributed by atoms with E-state index >= 15 is 0 Å². The summed E-state index contributed by atoms with van der Waals surface area (Å²) < 4.78 is 0. The SMILES string of the molecule is Cc1ccc(N(C)Cc2cccc3c2CCNC3)c(C)c1. The van der Waals surface area contributed by atoms with Gasteiger partial charge in [0.25, 0.3) is 0 Å². The van der Waals surface area contributed by atoms with E-state index in [0.29, 0.717) is 0 Å². The fourth-order valence-corrected chi connectivity index (χ4v) is 3.33. The Morgan fingerprint density at radius 3 is 2.81 bits per heavy atom. The van der Waals surface area contributed by atoms with Gasteiger partial charge in [-0.1, -0.05) is 35.9 Å². The van der Waals surface area contributed by atoms with Crippen LogP contribution in [0.5, 0.6) is 0 Å². The molecule has 0 atom stereocenters. The van der Waals surface area contributed by atoms with E-state index in [9.17, 15) is 0 Å². The lowest BCUT2D eigenvalue weighted by Gasteiger charge is -2.26. The molecule has 2 aromatic rings. The molecule has 0 spiro atoms. The summed E-state index contributed by atoms with van der Waals surface area (Å²) in [4.78, 5) is 2.37. The first-order chi connectivity index (χ1) is 10.1. The second-order valence-electron chi connectivity index (χ2n) is 6.13. The molecule has 1 aliphatic heterocycles. The van der Waals surface area contributed by atoms with Gasteiger partial charge in [0.1, 0.15) is 0 Å². The number of benzene rings is 2. The van der Waals surface area contributed by atoms with Crippen LogP contribution in [0, 0.1) is 13.8 Å². The van der Waals surface area contributed by atoms with Gasteiger partial charge in [0, 0.05) is 25.8 Å². The van der Waals surface area contributed by atoms with E-state index in [2.05, 4.69) is 67.5 Å². The summed E-state index contributed by atoms with van der Waals surface area (Å²) in [7, 11) is 2.19. The quantitative estimate of drug-likeness (QED) is 0.924. The van der Waals surface area contributed by atoms with Crippen molar-refractivity contribution in [1.29, 1.82) is 0 Å². The first-order valence-corrected chi connectivity index (χ1v) is 7.74. The molecule has 0 amide bonds. The highest BCUT2D eigenvalue weighted by Gasteiger charge is 2.14. The lowest BCUT2D eigenvalue weighted by atomic mass is 9.95. The topological polar surface area (TPSA) is 15.3 Å².